The molecule has 6 nitrogen and oxygen atoms in total. The standard InChI is InChI=1S/C19H27N5O.ClH/c1-3-14(15-7-5-4-6-8-15)13-17(25)21-19-22-18(23-24(19)2)16-9-11-20-12-10-16;/h4-8,14,16,20H,3,9-13H2,1-2H3,(H,21,22,23,25);1H. The summed E-state index contributed by atoms with van der Waals surface area (Å²) in [6, 6.07) is 10.2. The van der Waals surface area contributed by atoms with Crippen LogP contribution in [0.15, 0.2) is 30.3 Å². The zero-order valence-electron chi connectivity index (χ0n) is 15.4. The summed E-state index contributed by atoms with van der Waals surface area (Å²) in [5.41, 5.74) is 1.20. The molecule has 2 aromatic rings. The first-order chi connectivity index (χ1) is 12.2. The molecule has 0 spiro atoms. The van der Waals surface area contributed by atoms with Crippen LogP contribution >= 0.6 is 12.4 Å². The average molecular weight is 378 g/mol. The molecule has 1 aliphatic rings. The van der Waals surface area contributed by atoms with E-state index in [0.717, 1.165) is 38.2 Å². The van der Waals surface area contributed by atoms with Crippen LogP contribution in [-0.4, -0.2) is 33.8 Å². The van der Waals surface area contributed by atoms with E-state index in [1.807, 2.05) is 25.2 Å². The lowest BCUT2D eigenvalue weighted by Crippen LogP contribution is -2.27. The molecule has 0 radical (unpaired) electrons. The van der Waals surface area contributed by atoms with Gasteiger partial charge in [-0.25, -0.2) is 4.68 Å². The number of amides is 1. The summed E-state index contributed by atoms with van der Waals surface area (Å²) in [5, 5.41) is 10.8. The molecule has 7 heteroatoms. The van der Waals surface area contributed by atoms with Crippen molar-refractivity contribution >= 4 is 24.3 Å². The molecule has 1 unspecified atom stereocenters. The number of aromatic nitrogens is 3. The van der Waals surface area contributed by atoms with Gasteiger partial charge in [0.2, 0.25) is 11.9 Å². The number of aryl methyl sites for hydroxylation is 1. The molecule has 0 saturated carbocycles. The summed E-state index contributed by atoms with van der Waals surface area (Å²) < 4.78 is 1.68. The molecule has 142 valence electrons. The highest BCUT2D eigenvalue weighted by Gasteiger charge is 2.22. The zero-order valence-corrected chi connectivity index (χ0v) is 16.3. The quantitative estimate of drug-likeness (QED) is 0.810. The van der Waals surface area contributed by atoms with Gasteiger partial charge in [0.15, 0.2) is 5.82 Å². The van der Waals surface area contributed by atoms with Crippen LogP contribution in [0.4, 0.5) is 5.95 Å². The number of carbonyl (C=O) groups excluding carboxylic acids is 1. The third-order valence-corrected chi connectivity index (χ3v) is 4.93. The van der Waals surface area contributed by atoms with E-state index >= 15 is 0 Å². The molecule has 0 aliphatic carbocycles. The van der Waals surface area contributed by atoms with Crippen LogP contribution in [0.3, 0.4) is 0 Å². The molecule has 1 aromatic heterocycles. The minimum atomic E-state index is -0.0111. The summed E-state index contributed by atoms with van der Waals surface area (Å²) in [7, 11) is 1.84. The Morgan fingerprint density at radius 3 is 2.65 bits per heavy atom. The van der Waals surface area contributed by atoms with Gasteiger partial charge in [-0.15, -0.1) is 12.4 Å². The number of hydrogen-bond donors (Lipinski definition) is 2. The van der Waals surface area contributed by atoms with E-state index in [4.69, 9.17) is 0 Å². The third kappa shape index (κ3) is 5.05. The smallest absolute Gasteiger partial charge is 0.227 e. The molecule has 0 bridgehead atoms. The van der Waals surface area contributed by atoms with Crippen molar-refractivity contribution in [2.24, 2.45) is 7.05 Å². The lowest BCUT2D eigenvalue weighted by atomic mass is 9.93. The fourth-order valence-electron chi connectivity index (χ4n) is 3.39. The van der Waals surface area contributed by atoms with E-state index in [1.165, 1.54) is 5.56 Å². The first-order valence-electron chi connectivity index (χ1n) is 9.13. The van der Waals surface area contributed by atoms with E-state index in [9.17, 15) is 4.79 Å². The van der Waals surface area contributed by atoms with Gasteiger partial charge in [0.25, 0.3) is 0 Å². The highest BCUT2D eigenvalue weighted by molar-refractivity contribution is 5.89. The van der Waals surface area contributed by atoms with Gasteiger partial charge >= 0.3 is 0 Å². The number of anilines is 1. The molecule has 3 rings (SSSR count). The summed E-state index contributed by atoms with van der Waals surface area (Å²) in [6.07, 6.45) is 3.47. The van der Waals surface area contributed by atoms with Crippen molar-refractivity contribution in [2.45, 2.75) is 44.4 Å². The Labute approximate surface area is 161 Å². The first kappa shape index (κ1) is 20.4. The van der Waals surface area contributed by atoms with Crippen LogP contribution in [-0.2, 0) is 11.8 Å². The van der Waals surface area contributed by atoms with Gasteiger partial charge in [-0.3, -0.25) is 10.1 Å². The number of halogens is 1. The Hall–Kier alpha value is -1.92. The number of benzene rings is 1. The SMILES string of the molecule is CCC(CC(=O)Nc1nc(C2CCNCC2)nn1C)c1ccccc1.Cl. The van der Waals surface area contributed by atoms with Crippen molar-refractivity contribution in [3.63, 3.8) is 0 Å². The number of nitrogens with one attached hydrogen (secondary N) is 2. The Balaban J connectivity index is 0.00000243. The van der Waals surface area contributed by atoms with E-state index in [0.29, 0.717) is 18.3 Å². The largest absolute Gasteiger partial charge is 0.317 e. The van der Waals surface area contributed by atoms with E-state index < -0.39 is 0 Å². The van der Waals surface area contributed by atoms with Gasteiger partial charge in [0, 0.05) is 19.4 Å². The van der Waals surface area contributed by atoms with E-state index in [-0.39, 0.29) is 24.2 Å². The van der Waals surface area contributed by atoms with Crippen LogP contribution in [0.5, 0.6) is 0 Å². The van der Waals surface area contributed by atoms with Crippen LogP contribution in [0, 0.1) is 0 Å². The fraction of sp³-hybridized carbons (Fsp3) is 0.526. The summed E-state index contributed by atoms with van der Waals surface area (Å²) in [6.45, 7) is 4.11. The van der Waals surface area contributed by atoms with Crippen molar-refractivity contribution in [3.8, 4) is 0 Å². The fourth-order valence-corrected chi connectivity index (χ4v) is 3.39. The third-order valence-electron chi connectivity index (χ3n) is 4.93. The van der Waals surface area contributed by atoms with Gasteiger partial charge < -0.3 is 5.32 Å². The Bertz CT molecular complexity index is 697. The van der Waals surface area contributed by atoms with Crippen LogP contribution in [0.25, 0.3) is 0 Å². The number of nitrogens with zero attached hydrogens (tertiary/aromatic N) is 3. The minimum absolute atomic E-state index is 0. The number of piperidine rings is 1. The van der Waals surface area contributed by atoms with Gasteiger partial charge in [-0.2, -0.15) is 10.1 Å². The van der Waals surface area contributed by atoms with Crippen molar-refractivity contribution in [3.05, 3.63) is 41.7 Å². The molecule has 1 amide bonds. The molecule has 1 aromatic carbocycles. The molecule has 2 N–H and O–H groups in total. The maximum Gasteiger partial charge on any atom is 0.227 e. The Morgan fingerprint density at radius 1 is 1.31 bits per heavy atom. The maximum absolute atomic E-state index is 12.5. The normalized spacial score (nSPS) is 15.9. The zero-order chi connectivity index (χ0) is 17.6. The number of rotatable bonds is 6. The second-order valence-electron chi connectivity index (χ2n) is 6.71. The summed E-state index contributed by atoms with van der Waals surface area (Å²) in [4.78, 5) is 17.1. The van der Waals surface area contributed by atoms with Gasteiger partial charge in [-0.1, -0.05) is 37.3 Å². The number of hydrogen-bond acceptors (Lipinski definition) is 4. The molecular weight excluding hydrogens is 350 g/mol. The molecule has 1 saturated heterocycles. The highest BCUT2D eigenvalue weighted by atomic mass is 35.5. The van der Waals surface area contributed by atoms with E-state index in [2.05, 4.69) is 39.8 Å². The monoisotopic (exact) mass is 377 g/mol. The lowest BCUT2D eigenvalue weighted by molar-refractivity contribution is -0.116. The molecule has 1 atom stereocenters. The average Bonchev–Trinajstić information content (AvgIpc) is 3.01. The lowest BCUT2D eigenvalue weighted by Gasteiger charge is -2.19. The second-order valence-corrected chi connectivity index (χ2v) is 6.71. The topological polar surface area (TPSA) is 71.8 Å². The number of carbonyl (C=O) groups is 1. The van der Waals surface area contributed by atoms with Gasteiger partial charge in [-0.05, 0) is 43.8 Å². The first-order valence-corrected chi connectivity index (χ1v) is 9.13. The van der Waals surface area contributed by atoms with Crippen molar-refractivity contribution in [1.82, 2.24) is 20.1 Å². The van der Waals surface area contributed by atoms with Crippen molar-refractivity contribution in [2.75, 3.05) is 18.4 Å². The molecule has 1 fully saturated rings. The highest BCUT2D eigenvalue weighted by Crippen LogP contribution is 2.25. The van der Waals surface area contributed by atoms with Crippen molar-refractivity contribution < 1.29 is 4.79 Å². The van der Waals surface area contributed by atoms with Crippen LogP contribution in [0.2, 0.25) is 0 Å². The molecular formula is C19H28ClN5O. The Kier molecular flexibility index (Phi) is 7.60. The van der Waals surface area contributed by atoms with Crippen LogP contribution in [0.1, 0.15) is 55.8 Å². The van der Waals surface area contributed by atoms with E-state index in [1.54, 1.807) is 4.68 Å². The predicted octanol–water partition coefficient (Wildman–Crippen LogP) is 3.23. The molecule has 1 aliphatic heterocycles. The molecule has 2 heterocycles. The predicted molar refractivity (Wildman–Crippen MR) is 106 cm³/mol. The summed E-state index contributed by atoms with van der Waals surface area (Å²) >= 11 is 0. The summed E-state index contributed by atoms with van der Waals surface area (Å²) in [5.74, 6) is 1.98. The Morgan fingerprint density at radius 2 is 2.00 bits per heavy atom. The van der Waals surface area contributed by atoms with Crippen molar-refractivity contribution in [1.29, 1.82) is 0 Å². The van der Waals surface area contributed by atoms with Gasteiger partial charge in [0.1, 0.15) is 0 Å². The molecule has 26 heavy (non-hydrogen) atoms. The van der Waals surface area contributed by atoms with Crippen LogP contribution < -0.4 is 10.6 Å². The minimum Gasteiger partial charge on any atom is -0.317 e. The second kappa shape index (κ2) is 9.69. The van der Waals surface area contributed by atoms with Gasteiger partial charge in [0.05, 0.1) is 0 Å². The maximum atomic E-state index is 12.5.